The number of carbonyl (C=O) groups excluding carboxylic acids is 1. The average molecular weight is 339 g/mol. The standard InChI is InChI=1S/C21H19ClO2/c1-20(13-11-16-7-9-18(22)10-8-16)14-12-19(23)15-21(20,24)17-5-3-2-4-6-17/h2-10,24H,12,14-15H2,1H3/t20-,21+/m0/s1. The molecule has 1 saturated carbocycles. The quantitative estimate of drug-likeness (QED) is 0.785. The summed E-state index contributed by atoms with van der Waals surface area (Å²) in [5.74, 6) is 6.47. The zero-order valence-corrected chi connectivity index (χ0v) is 14.3. The van der Waals surface area contributed by atoms with Crippen LogP contribution in [0.1, 0.15) is 37.3 Å². The third kappa shape index (κ3) is 3.11. The number of carbonyl (C=O) groups is 1. The van der Waals surface area contributed by atoms with Crippen molar-refractivity contribution in [1.29, 1.82) is 0 Å². The van der Waals surface area contributed by atoms with Gasteiger partial charge in [0.25, 0.3) is 0 Å². The van der Waals surface area contributed by atoms with Crippen molar-refractivity contribution in [2.75, 3.05) is 0 Å². The molecule has 3 rings (SSSR count). The molecule has 0 aromatic heterocycles. The van der Waals surface area contributed by atoms with Crippen LogP contribution in [-0.2, 0) is 10.4 Å². The highest BCUT2D eigenvalue weighted by atomic mass is 35.5. The van der Waals surface area contributed by atoms with E-state index < -0.39 is 11.0 Å². The lowest BCUT2D eigenvalue weighted by atomic mass is 9.61. The van der Waals surface area contributed by atoms with Gasteiger partial charge in [0.1, 0.15) is 11.4 Å². The molecule has 0 unspecified atom stereocenters. The minimum Gasteiger partial charge on any atom is -0.383 e. The second-order valence-corrected chi connectivity index (χ2v) is 6.97. The Labute approximate surface area is 147 Å². The zero-order chi connectivity index (χ0) is 17.2. The van der Waals surface area contributed by atoms with Crippen molar-refractivity contribution >= 4 is 17.4 Å². The SMILES string of the molecule is C[C@]1(C#Cc2ccc(Cl)cc2)CCC(=O)C[C@@]1(O)c1ccccc1. The van der Waals surface area contributed by atoms with Gasteiger partial charge in [0.15, 0.2) is 0 Å². The highest BCUT2D eigenvalue weighted by molar-refractivity contribution is 6.30. The molecule has 0 heterocycles. The molecule has 0 spiro atoms. The summed E-state index contributed by atoms with van der Waals surface area (Å²) in [5, 5.41) is 12.1. The number of aliphatic hydroxyl groups is 1. The van der Waals surface area contributed by atoms with Crippen LogP contribution < -0.4 is 0 Å². The molecule has 3 heteroatoms. The molecule has 2 nitrogen and oxygen atoms in total. The van der Waals surface area contributed by atoms with Crippen molar-refractivity contribution in [3.05, 3.63) is 70.7 Å². The van der Waals surface area contributed by atoms with E-state index in [1.165, 1.54) is 0 Å². The van der Waals surface area contributed by atoms with Crippen LogP contribution in [0.15, 0.2) is 54.6 Å². The summed E-state index contributed by atoms with van der Waals surface area (Å²) in [4.78, 5) is 12.0. The largest absolute Gasteiger partial charge is 0.383 e. The topological polar surface area (TPSA) is 37.3 Å². The summed E-state index contributed by atoms with van der Waals surface area (Å²) in [7, 11) is 0. The maximum atomic E-state index is 12.0. The first-order chi connectivity index (χ1) is 11.4. The first-order valence-corrected chi connectivity index (χ1v) is 8.39. The number of ketones is 1. The Morgan fingerprint density at radius 2 is 1.75 bits per heavy atom. The molecule has 0 amide bonds. The van der Waals surface area contributed by atoms with Gasteiger partial charge in [0.05, 0.1) is 5.41 Å². The van der Waals surface area contributed by atoms with E-state index in [1.807, 2.05) is 49.4 Å². The summed E-state index contributed by atoms with van der Waals surface area (Å²) >= 11 is 5.90. The van der Waals surface area contributed by atoms with E-state index in [1.54, 1.807) is 12.1 Å². The van der Waals surface area contributed by atoms with Gasteiger partial charge in [0, 0.05) is 23.4 Å². The number of hydrogen-bond acceptors (Lipinski definition) is 2. The summed E-state index contributed by atoms with van der Waals surface area (Å²) in [5.41, 5.74) is -0.385. The van der Waals surface area contributed by atoms with Crippen molar-refractivity contribution in [3.8, 4) is 11.8 Å². The highest BCUT2D eigenvalue weighted by Crippen LogP contribution is 2.49. The summed E-state index contributed by atoms with van der Waals surface area (Å²) < 4.78 is 0. The molecule has 0 aliphatic heterocycles. The molecule has 122 valence electrons. The zero-order valence-electron chi connectivity index (χ0n) is 13.6. The van der Waals surface area contributed by atoms with Gasteiger partial charge in [-0.3, -0.25) is 4.79 Å². The van der Waals surface area contributed by atoms with E-state index in [2.05, 4.69) is 11.8 Å². The van der Waals surface area contributed by atoms with Crippen molar-refractivity contribution in [3.63, 3.8) is 0 Å². The van der Waals surface area contributed by atoms with Gasteiger partial charge in [0.2, 0.25) is 0 Å². The maximum Gasteiger partial charge on any atom is 0.136 e. The predicted molar refractivity (Wildman–Crippen MR) is 95.6 cm³/mol. The predicted octanol–water partition coefficient (Wildman–Crippen LogP) is 4.34. The van der Waals surface area contributed by atoms with Crippen LogP contribution in [-0.4, -0.2) is 10.9 Å². The van der Waals surface area contributed by atoms with Gasteiger partial charge in [-0.05, 0) is 43.2 Å². The van der Waals surface area contributed by atoms with Crippen LogP contribution in [0.5, 0.6) is 0 Å². The van der Waals surface area contributed by atoms with Crippen LogP contribution in [0, 0.1) is 17.3 Å². The van der Waals surface area contributed by atoms with Gasteiger partial charge in [-0.1, -0.05) is 53.8 Å². The molecule has 0 saturated heterocycles. The molecule has 2 aromatic carbocycles. The lowest BCUT2D eigenvalue weighted by molar-refractivity contribution is -0.139. The monoisotopic (exact) mass is 338 g/mol. The lowest BCUT2D eigenvalue weighted by Gasteiger charge is -2.45. The Morgan fingerprint density at radius 3 is 2.42 bits per heavy atom. The van der Waals surface area contributed by atoms with Crippen molar-refractivity contribution in [2.45, 2.75) is 31.8 Å². The molecule has 24 heavy (non-hydrogen) atoms. The number of rotatable bonds is 1. The Balaban J connectivity index is 2.02. The fourth-order valence-electron chi connectivity index (χ4n) is 3.21. The third-order valence-corrected chi connectivity index (χ3v) is 5.10. The van der Waals surface area contributed by atoms with Crippen molar-refractivity contribution < 1.29 is 9.90 Å². The fraction of sp³-hybridized carbons (Fsp3) is 0.286. The molecular weight excluding hydrogens is 320 g/mol. The highest BCUT2D eigenvalue weighted by Gasteiger charge is 2.51. The van der Waals surface area contributed by atoms with Gasteiger partial charge in [-0.15, -0.1) is 0 Å². The van der Waals surface area contributed by atoms with Crippen LogP contribution >= 0.6 is 11.6 Å². The van der Waals surface area contributed by atoms with Crippen molar-refractivity contribution in [1.82, 2.24) is 0 Å². The third-order valence-electron chi connectivity index (χ3n) is 4.85. The molecule has 1 N–H and O–H groups in total. The molecule has 2 atom stereocenters. The number of hydrogen-bond donors (Lipinski definition) is 1. The minimum absolute atomic E-state index is 0.0760. The molecule has 2 aromatic rings. The molecular formula is C21H19ClO2. The first kappa shape index (κ1) is 16.8. The van der Waals surface area contributed by atoms with Crippen LogP contribution in [0.4, 0.5) is 0 Å². The van der Waals surface area contributed by atoms with Crippen molar-refractivity contribution in [2.24, 2.45) is 5.41 Å². The summed E-state index contributed by atoms with van der Waals surface area (Å²) in [6.07, 6.45) is 1.08. The number of halogens is 1. The molecule has 1 fully saturated rings. The average Bonchev–Trinajstić information content (AvgIpc) is 2.59. The van der Waals surface area contributed by atoms with E-state index in [9.17, 15) is 9.90 Å². The van der Waals surface area contributed by atoms with Gasteiger partial charge in [-0.25, -0.2) is 0 Å². The van der Waals surface area contributed by atoms with E-state index in [-0.39, 0.29) is 12.2 Å². The van der Waals surface area contributed by atoms with E-state index >= 15 is 0 Å². The van der Waals surface area contributed by atoms with E-state index in [0.717, 1.165) is 11.1 Å². The van der Waals surface area contributed by atoms with Gasteiger partial charge < -0.3 is 5.11 Å². The smallest absolute Gasteiger partial charge is 0.136 e. The summed E-state index contributed by atoms with van der Waals surface area (Å²) in [6, 6.07) is 16.7. The van der Waals surface area contributed by atoms with E-state index in [4.69, 9.17) is 11.6 Å². The number of benzene rings is 2. The molecule has 0 bridgehead atoms. The Hall–Kier alpha value is -2.08. The van der Waals surface area contributed by atoms with Crippen LogP contribution in [0.3, 0.4) is 0 Å². The number of Topliss-reactive ketones (excluding diaryl/α,β-unsaturated/α-hetero) is 1. The summed E-state index contributed by atoms with van der Waals surface area (Å²) in [6.45, 7) is 1.94. The second-order valence-electron chi connectivity index (χ2n) is 6.53. The second kappa shape index (κ2) is 6.43. The molecule has 0 radical (unpaired) electrons. The van der Waals surface area contributed by atoms with Crippen LogP contribution in [0.25, 0.3) is 0 Å². The Morgan fingerprint density at radius 1 is 1.08 bits per heavy atom. The van der Waals surface area contributed by atoms with Crippen LogP contribution in [0.2, 0.25) is 5.02 Å². The Kier molecular flexibility index (Phi) is 4.49. The maximum absolute atomic E-state index is 12.0. The first-order valence-electron chi connectivity index (χ1n) is 8.01. The van der Waals surface area contributed by atoms with Gasteiger partial charge >= 0.3 is 0 Å². The minimum atomic E-state index is -1.27. The fourth-order valence-corrected chi connectivity index (χ4v) is 3.33. The molecule has 1 aliphatic carbocycles. The normalized spacial score (nSPS) is 26.5. The Bertz CT molecular complexity index is 801. The molecule has 1 aliphatic rings. The van der Waals surface area contributed by atoms with E-state index in [0.29, 0.717) is 17.9 Å². The van der Waals surface area contributed by atoms with Gasteiger partial charge in [-0.2, -0.15) is 0 Å². The lowest BCUT2D eigenvalue weighted by Crippen LogP contribution is -2.48.